The van der Waals surface area contributed by atoms with E-state index in [1.807, 2.05) is 17.9 Å². The van der Waals surface area contributed by atoms with Crippen molar-refractivity contribution in [3.05, 3.63) is 27.5 Å². The number of carboxylic acids is 1. The zero-order valence-corrected chi connectivity index (χ0v) is 12.7. The van der Waals surface area contributed by atoms with Crippen LogP contribution in [-0.4, -0.2) is 46.7 Å². The van der Waals surface area contributed by atoms with E-state index in [-0.39, 0.29) is 12.5 Å². The largest absolute Gasteiger partial charge is 0.478 e. The summed E-state index contributed by atoms with van der Waals surface area (Å²) in [5.41, 5.74) is 0.909. The maximum absolute atomic E-state index is 12.4. The molecule has 0 saturated carbocycles. The second kappa shape index (κ2) is 6.87. The van der Waals surface area contributed by atoms with Gasteiger partial charge >= 0.3 is 5.97 Å². The highest BCUT2D eigenvalue weighted by molar-refractivity contribution is 7.15. The molecule has 0 aliphatic carbocycles. The highest BCUT2D eigenvalue weighted by Gasteiger charge is 2.27. The number of aryl methyl sites for hydroxylation is 1. The SMILES string of the molecule is Cc1cc(C(=O)N2CCC(CCO)C2)sc1/C=C/C(=O)O. The molecule has 0 aromatic carbocycles. The van der Waals surface area contributed by atoms with Crippen molar-refractivity contribution >= 4 is 29.3 Å². The third-order valence-electron chi connectivity index (χ3n) is 3.65. The van der Waals surface area contributed by atoms with Crippen molar-refractivity contribution in [1.82, 2.24) is 4.90 Å². The Morgan fingerprint density at radius 2 is 2.29 bits per heavy atom. The fourth-order valence-corrected chi connectivity index (χ4v) is 3.55. The second-order valence-corrected chi connectivity index (χ2v) is 6.33. The quantitative estimate of drug-likeness (QED) is 0.816. The standard InChI is InChI=1S/C15H19NO4S/c1-10-8-13(21-12(10)2-3-14(18)19)15(20)16-6-4-11(9-16)5-7-17/h2-3,8,11,17H,4-7,9H2,1H3,(H,18,19)/b3-2+. The number of likely N-dealkylation sites (tertiary alicyclic amines) is 1. The number of hydrogen-bond donors (Lipinski definition) is 2. The van der Waals surface area contributed by atoms with Crippen LogP contribution in [0.2, 0.25) is 0 Å². The first-order chi connectivity index (χ1) is 10.0. The average molecular weight is 309 g/mol. The molecule has 1 amide bonds. The van der Waals surface area contributed by atoms with Crippen LogP contribution in [0.3, 0.4) is 0 Å². The molecule has 0 bridgehead atoms. The molecule has 1 aromatic rings. The van der Waals surface area contributed by atoms with Gasteiger partial charge in [-0.05, 0) is 43.4 Å². The Bertz CT molecular complexity index is 564. The number of aliphatic carboxylic acids is 1. The molecule has 1 fully saturated rings. The minimum absolute atomic E-state index is 0.00138. The van der Waals surface area contributed by atoms with Crippen molar-refractivity contribution in [3.8, 4) is 0 Å². The number of hydrogen-bond acceptors (Lipinski definition) is 4. The van der Waals surface area contributed by atoms with Gasteiger partial charge < -0.3 is 15.1 Å². The molecule has 1 unspecified atom stereocenters. The number of thiophene rings is 1. The first kappa shape index (κ1) is 15.7. The van der Waals surface area contributed by atoms with E-state index < -0.39 is 5.97 Å². The lowest BCUT2D eigenvalue weighted by atomic mass is 10.1. The van der Waals surface area contributed by atoms with Gasteiger partial charge in [0.05, 0.1) is 4.88 Å². The van der Waals surface area contributed by atoms with Crippen LogP contribution in [-0.2, 0) is 4.79 Å². The fourth-order valence-electron chi connectivity index (χ4n) is 2.51. The van der Waals surface area contributed by atoms with Gasteiger partial charge in [0, 0.05) is 30.6 Å². The van der Waals surface area contributed by atoms with Crippen molar-refractivity contribution in [1.29, 1.82) is 0 Å². The zero-order chi connectivity index (χ0) is 15.4. The summed E-state index contributed by atoms with van der Waals surface area (Å²) < 4.78 is 0. The van der Waals surface area contributed by atoms with E-state index in [2.05, 4.69) is 0 Å². The molecule has 0 radical (unpaired) electrons. The number of carbonyl (C=O) groups excluding carboxylic acids is 1. The summed E-state index contributed by atoms with van der Waals surface area (Å²) in [5.74, 6) is -0.619. The van der Waals surface area contributed by atoms with Crippen LogP contribution < -0.4 is 0 Å². The van der Waals surface area contributed by atoms with Crippen LogP contribution >= 0.6 is 11.3 Å². The maximum atomic E-state index is 12.4. The van der Waals surface area contributed by atoms with Crippen molar-refractivity contribution in [2.24, 2.45) is 5.92 Å². The molecule has 2 N–H and O–H groups in total. The van der Waals surface area contributed by atoms with E-state index in [1.165, 1.54) is 17.4 Å². The van der Waals surface area contributed by atoms with E-state index >= 15 is 0 Å². The van der Waals surface area contributed by atoms with Gasteiger partial charge in [0.1, 0.15) is 0 Å². The van der Waals surface area contributed by atoms with Gasteiger partial charge in [-0.25, -0.2) is 4.79 Å². The monoisotopic (exact) mass is 309 g/mol. The number of rotatable bonds is 5. The van der Waals surface area contributed by atoms with Crippen LogP contribution in [0.4, 0.5) is 0 Å². The Morgan fingerprint density at radius 3 is 2.95 bits per heavy atom. The molecule has 21 heavy (non-hydrogen) atoms. The average Bonchev–Trinajstić information content (AvgIpc) is 3.03. The Balaban J connectivity index is 2.07. The van der Waals surface area contributed by atoms with Gasteiger partial charge in [-0.3, -0.25) is 4.79 Å². The third-order valence-corrected chi connectivity index (χ3v) is 4.85. The van der Waals surface area contributed by atoms with E-state index in [0.29, 0.717) is 17.3 Å². The maximum Gasteiger partial charge on any atom is 0.328 e. The van der Waals surface area contributed by atoms with Crippen molar-refractivity contribution in [2.45, 2.75) is 19.8 Å². The molecule has 0 spiro atoms. The predicted octanol–water partition coefficient (Wildman–Crippen LogP) is 2.00. The first-order valence-electron chi connectivity index (χ1n) is 6.93. The van der Waals surface area contributed by atoms with Gasteiger partial charge in [0.15, 0.2) is 0 Å². The van der Waals surface area contributed by atoms with E-state index in [0.717, 1.165) is 35.9 Å². The lowest BCUT2D eigenvalue weighted by Gasteiger charge is -2.15. The molecule has 1 atom stereocenters. The Hall–Kier alpha value is -1.66. The number of carbonyl (C=O) groups is 2. The molecule has 5 nitrogen and oxygen atoms in total. The Labute approximate surface area is 127 Å². The van der Waals surface area contributed by atoms with E-state index in [9.17, 15) is 9.59 Å². The number of nitrogens with zero attached hydrogens (tertiary/aromatic N) is 1. The van der Waals surface area contributed by atoms with Gasteiger partial charge in [0.25, 0.3) is 5.91 Å². The summed E-state index contributed by atoms with van der Waals surface area (Å²) in [6.07, 6.45) is 4.28. The minimum Gasteiger partial charge on any atom is -0.478 e. The predicted molar refractivity (Wildman–Crippen MR) is 81.4 cm³/mol. The number of aliphatic hydroxyl groups is 1. The molecule has 1 aliphatic rings. The fraction of sp³-hybridized carbons (Fsp3) is 0.467. The van der Waals surface area contributed by atoms with Gasteiger partial charge in [-0.2, -0.15) is 0 Å². The number of amides is 1. The van der Waals surface area contributed by atoms with Crippen molar-refractivity contribution in [2.75, 3.05) is 19.7 Å². The molecular weight excluding hydrogens is 290 g/mol. The lowest BCUT2D eigenvalue weighted by molar-refractivity contribution is -0.131. The van der Waals surface area contributed by atoms with E-state index in [1.54, 1.807) is 0 Å². The van der Waals surface area contributed by atoms with Gasteiger partial charge in [0.2, 0.25) is 0 Å². The normalized spacial score (nSPS) is 18.6. The van der Waals surface area contributed by atoms with Crippen molar-refractivity contribution in [3.63, 3.8) is 0 Å². The Kier molecular flexibility index (Phi) is 5.14. The highest BCUT2D eigenvalue weighted by atomic mass is 32.1. The summed E-state index contributed by atoms with van der Waals surface area (Å²) in [5, 5.41) is 17.6. The van der Waals surface area contributed by atoms with Crippen LogP contribution in [0, 0.1) is 12.8 Å². The summed E-state index contributed by atoms with van der Waals surface area (Å²) in [6.45, 7) is 3.44. The topological polar surface area (TPSA) is 77.8 Å². The molecule has 114 valence electrons. The van der Waals surface area contributed by atoms with Crippen LogP contribution in [0.5, 0.6) is 0 Å². The number of carboxylic acid groups (broad SMARTS) is 1. The van der Waals surface area contributed by atoms with Crippen LogP contribution in [0.25, 0.3) is 6.08 Å². The highest BCUT2D eigenvalue weighted by Crippen LogP contribution is 2.27. The Morgan fingerprint density at radius 1 is 1.52 bits per heavy atom. The lowest BCUT2D eigenvalue weighted by Crippen LogP contribution is -2.28. The number of aliphatic hydroxyl groups excluding tert-OH is 1. The second-order valence-electron chi connectivity index (χ2n) is 5.25. The van der Waals surface area contributed by atoms with E-state index in [4.69, 9.17) is 10.2 Å². The minimum atomic E-state index is -0.998. The first-order valence-corrected chi connectivity index (χ1v) is 7.74. The zero-order valence-electron chi connectivity index (χ0n) is 11.9. The molecule has 1 aromatic heterocycles. The third kappa shape index (κ3) is 3.92. The van der Waals surface area contributed by atoms with Crippen LogP contribution in [0.1, 0.15) is 33.0 Å². The van der Waals surface area contributed by atoms with Crippen LogP contribution in [0.15, 0.2) is 12.1 Å². The molecule has 1 saturated heterocycles. The molecule has 2 heterocycles. The molecular formula is C15H19NO4S. The van der Waals surface area contributed by atoms with Crippen molar-refractivity contribution < 1.29 is 19.8 Å². The molecule has 6 heteroatoms. The molecule has 1 aliphatic heterocycles. The molecule has 2 rings (SSSR count). The smallest absolute Gasteiger partial charge is 0.328 e. The summed E-state index contributed by atoms with van der Waals surface area (Å²) >= 11 is 1.32. The van der Waals surface area contributed by atoms with Gasteiger partial charge in [-0.1, -0.05) is 0 Å². The summed E-state index contributed by atoms with van der Waals surface area (Å²) in [7, 11) is 0. The van der Waals surface area contributed by atoms with Gasteiger partial charge in [-0.15, -0.1) is 11.3 Å². The summed E-state index contributed by atoms with van der Waals surface area (Å²) in [4.78, 5) is 26.2. The summed E-state index contributed by atoms with van der Waals surface area (Å²) in [6, 6.07) is 1.81.